The second-order valence-corrected chi connectivity index (χ2v) is 12.4. The van der Waals surface area contributed by atoms with Crippen LogP contribution in [0.3, 0.4) is 0 Å². The predicted octanol–water partition coefficient (Wildman–Crippen LogP) is 6.19. The van der Waals surface area contributed by atoms with Crippen LogP contribution >= 0.6 is 0 Å². The summed E-state index contributed by atoms with van der Waals surface area (Å²) >= 11 is 0. The van der Waals surface area contributed by atoms with Gasteiger partial charge < -0.3 is 24.4 Å². The standard InChI is InChI=1S/C32H38F2N8O3/c1-18(2)42-20(4)37-28-23(33)15-21(16-25(28)42)27-24(34)17-35-30(39-27)38-26-10-9-22(19(3)36-26)29(43)40-11-8-12-41(14-13-40)31(44)45-32(5,6)7/h9-10,15-18H,8,11-14H2,1-7H3,(H,35,36,38,39). The van der Waals surface area contributed by atoms with Gasteiger partial charge in [0.05, 0.1) is 23.0 Å². The van der Waals surface area contributed by atoms with E-state index in [-0.39, 0.29) is 40.8 Å². The molecule has 0 unspecified atom stereocenters. The molecule has 1 aliphatic heterocycles. The molecule has 2 amide bonds. The van der Waals surface area contributed by atoms with Gasteiger partial charge in [0, 0.05) is 37.8 Å². The summed E-state index contributed by atoms with van der Waals surface area (Å²) in [5, 5.41) is 2.97. The van der Waals surface area contributed by atoms with E-state index in [9.17, 15) is 14.0 Å². The zero-order valence-corrected chi connectivity index (χ0v) is 26.6. The van der Waals surface area contributed by atoms with Gasteiger partial charge in [-0.1, -0.05) is 0 Å². The van der Waals surface area contributed by atoms with Crippen molar-refractivity contribution in [1.29, 1.82) is 0 Å². The Hall–Kier alpha value is -4.68. The van der Waals surface area contributed by atoms with Crippen molar-refractivity contribution in [2.24, 2.45) is 0 Å². The lowest BCUT2D eigenvalue weighted by atomic mass is 10.1. The Balaban J connectivity index is 1.33. The molecular formula is C32H38F2N8O3. The highest BCUT2D eigenvalue weighted by atomic mass is 19.1. The molecule has 3 aromatic heterocycles. The number of benzene rings is 1. The molecule has 1 aromatic carbocycles. The van der Waals surface area contributed by atoms with Crippen LogP contribution in [0.4, 0.5) is 25.3 Å². The number of carbonyl (C=O) groups is 2. The van der Waals surface area contributed by atoms with Crippen molar-refractivity contribution < 1.29 is 23.1 Å². The zero-order chi connectivity index (χ0) is 32.6. The fourth-order valence-electron chi connectivity index (χ4n) is 5.46. The Labute approximate surface area is 260 Å². The minimum Gasteiger partial charge on any atom is -0.444 e. The van der Waals surface area contributed by atoms with Gasteiger partial charge >= 0.3 is 6.09 Å². The summed E-state index contributed by atoms with van der Waals surface area (Å²) < 4.78 is 37.4. The second kappa shape index (κ2) is 12.4. The Morgan fingerprint density at radius 2 is 1.67 bits per heavy atom. The number of halogens is 2. The summed E-state index contributed by atoms with van der Waals surface area (Å²) in [4.78, 5) is 46.5. The molecule has 0 saturated carbocycles. The third kappa shape index (κ3) is 6.86. The van der Waals surface area contributed by atoms with E-state index in [1.165, 1.54) is 6.07 Å². The number of carbonyl (C=O) groups excluding carboxylic acids is 2. The normalized spacial score (nSPS) is 14.2. The van der Waals surface area contributed by atoms with Crippen LogP contribution in [-0.2, 0) is 4.74 Å². The van der Waals surface area contributed by atoms with Gasteiger partial charge in [0.15, 0.2) is 11.6 Å². The van der Waals surface area contributed by atoms with Crippen molar-refractivity contribution in [1.82, 2.24) is 34.3 Å². The molecule has 0 bridgehead atoms. The Kier molecular flexibility index (Phi) is 8.72. The maximum atomic E-state index is 15.1. The topological polar surface area (TPSA) is 118 Å². The van der Waals surface area contributed by atoms with Crippen LogP contribution in [0.1, 0.15) is 69.0 Å². The van der Waals surface area contributed by atoms with Crippen LogP contribution in [0.25, 0.3) is 22.3 Å². The number of imidazole rings is 1. The zero-order valence-electron chi connectivity index (χ0n) is 26.6. The maximum absolute atomic E-state index is 15.1. The minimum atomic E-state index is -0.709. The van der Waals surface area contributed by atoms with Crippen molar-refractivity contribution >= 4 is 34.8 Å². The van der Waals surface area contributed by atoms with E-state index in [4.69, 9.17) is 4.74 Å². The van der Waals surface area contributed by atoms with Crippen LogP contribution < -0.4 is 5.32 Å². The van der Waals surface area contributed by atoms with E-state index < -0.39 is 17.2 Å². The van der Waals surface area contributed by atoms with Crippen molar-refractivity contribution in [3.05, 3.63) is 59.2 Å². The molecule has 238 valence electrons. The van der Waals surface area contributed by atoms with Gasteiger partial charge in [-0.3, -0.25) is 4.79 Å². The second-order valence-electron chi connectivity index (χ2n) is 12.4. The third-order valence-corrected chi connectivity index (χ3v) is 7.45. The van der Waals surface area contributed by atoms with Gasteiger partial charge in [-0.2, -0.15) is 0 Å². The van der Waals surface area contributed by atoms with E-state index >= 15 is 4.39 Å². The smallest absolute Gasteiger partial charge is 0.410 e. The molecule has 4 aromatic rings. The van der Waals surface area contributed by atoms with Crippen LogP contribution in [0.5, 0.6) is 0 Å². The molecule has 1 fully saturated rings. The number of fused-ring (bicyclic) bond motifs is 1. The number of pyridine rings is 1. The van der Waals surface area contributed by atoms with Crippen molar-refractivity contribution in [3.63, 3.8) is 0 Å². The molecule has 1 saturated heterocycles. The lowest BCUT2D eigenvalue weighted by molar-refractivity contribution is 0.0255. The van der Waals surface area contributed by atoms with E-state index in [2.05, 4.69) is 25.3 Å². The largest absolute Gasteiger partial charge is 0.444 e. The Bertz CT molecular complexity index is 1770. The summed E-state index contributed by atoms with van der Waals surface area (Å²) in [5.74, 6) is -0.406. The van der Waals surface area contributed by atoms with E-state index in [0.29, 0.717) is 61.0 Å². The molecular weight excluding hydrogens is 582 g/mol. The fourth-order valence-corrected chi connectivity index (χ4v) is 5.46. The number of aromatic nitrogens is 5. The first-order valence-corrected chi connectivity index (χ1v) is 14.9. The molecule has 11 nitrogen and oxygen atoms in total. The quantitative estimate of drug-likeness (QED) is 0.281. The predicted molar refractivity (Wildman–Crippen MR) is 166 cm³/mol. The average molecular weight is 621 g/mol. The summed E-state index contributed by atoms with van der Waals surface area (Å²) in [7, 11) is 0. The number of nitrogens with zero attached hydrogens (tertiary/aromatic N) is 7. The Morgan fingerprint density at radius 3 is 2.36 bits per heavy atom. The van der Waals surface area contributed by atoms with Crippen LogP contribution in [0.15, 0.2) is 30.5 Å². The molecule has 5 rings (SSSR count). The van der Waals surface area contributed by atoms with E-state index in [1.54, 1.807) is 41.8 Å². The summed E-state index contributed by atoms with van der Waals surface area (Å²) in [6.07, 6.45) is 1.25. The maximum Gasteiger partial charge on any atom is 0.410 e. The Morgan fingerprint density at radius 1 is 0.956 bits per heavy atom. The number of nitrogens with one attached hydrogen (secondary N) is 1. The number of aryl methyl sites for hydroxylation is 2. The minimum absolute atomic E-state index is 0.0209. The SMILES string of the molecule is Cc1nc(Nc2ncc(F)c(-c3cc(F)c4nc(C)n(C(C)C)c4c3)n2)ccc1C(=O)N1CCCN(C(=O)OC(C)(C)C)CC1. The molecule has 4 heterocycles. The molecule has 13 heteroatoms. The highest BCUT2D eigenvalue weighted by Crippen LogP contribution is 2.30. The molecule has 0 radical (unpaired) electrons. The molecule has 0 atom stereocenters. The van der Waals surface area contributed by atoms with Crippen molar-refractivity contribution in [2.75, 3.05) is 31.5 Å². The van der Waals surface area contributed by atoms with Crippen molar-refractivity contribution in [2.45, 2.75) is 66.5 Å². The molecule has 0 aliphatic carbocycles. The lowest BCUT2D eigenvalue weighted by Crippen LogP contribution is -2.40. The van der Waals surface area contributed by atoms with Crippen LogP contribution in [-0.4, -0.2) is 78.1 Å². The van der Waals surface area contributed by atoms with Crippen LogP contribution in [0, 0.1) is 25.5 Å². The highest BCUT2D eigenvalue weighted by Gasteiger charge is 2.27. The first kappa shape index (κ1) is 31.7. The number of amides is 2. The van der Waals surface area contributed by atoms with Gasteiger partial charge in [-0.15, -0.1) is 0 Å². The van der Waals surface area contributed by atoms with E-state index in [1.807, 2.05) is 39.2 Å². The number of anilines is 2. The highest BCUT2D eigenvalue weighted by molar-refractivity contribution is 5.95. The average Bonchev–Trinajstić information content (AvgIpc) is 3.11. The first-order valence-electron chi connectivity index (χ1n) is 14.9. The van der Waals surface area contributed by atoms with Crippen molar-refractivity contribution in [3.8, 4) is 11.3 Å². The van der Waals surface area contributed by atoms with Gasteiger partial charge in [-0.05, 0) is 79.2 Å². The molecule has 1 N–H and O–H groups in total. The number of hydrogen-bond donors (Lipinski definition) is 1. The van der Waals surface area contributed by atoms with Crippen LogP contribution in [0.2, 0.25) is 0 Å². The summed E-state index contributed by atoms with van der Waals surface area (Å²) in [6.45, 7) is 14.6. The van der Waals surface area contributed by atoms with Gasteiger partial charge in [-0.25, -0.2) is 33.5 Å². The fraction of sp³-hybridized carbons (Fsp3) is 0.438. The molecule has 0 spiro atoms. The number of hydrogen-bond acceptors (Lipinski definition) is 8. The van der Waals surface area contributed by atoms with Gasteiger partial charge in [0.25, 0.3) is 5.91 Å². The summed E-state index contributed by atoms with van der Waals surface area (Å²) in [5.41, 5.74) is 1.24. The number of ether oxygens (including phenoxy) is 1. The van der Waals surface area contributed by atoms with Gasteiger partial charge in [0.1, 0.15) is 28.5 Å². The molecule has 1 aliphatic rings. The van der Waals surface area contributed by atoms with Gasteiger partial charge in [0.2, 0.25) is 5.95 Å². The van der Waals surface area contributed by atoms with E-state index in [0.717, 1.165) is 6.20 Å². The molecule has 45 heavy (non-hydrogen) atoms. The monoisotopic (exact) mass is 620 g/mol. The first-order chi connectivity index (χ1) is 21.2. The third-order valence-electron chi connectivity index (χ3n) is 7.45. The summed E-state index contributed by atoms with van der Waals surface area (Å²) in [6, 6.07) is 6.19. The number of rotatable bonds is 5. The lowest BCUT2D eigenvalue weighted by Gasteiger charge is -2.26.